The first-order chi connectivity index (χ1) is 12.8. The molecule has 1 aromatic heterocycles. The maximum absolute atomic E-state index is 6.20. The van der Waals surface area contributed by atoms with E-state index in [0.717, 1.165) is 10.5 Å². The fourth-order valence-electron chi connectivity index (χ4n) is 3.36. The Balaban J connectivity index is 2.12. The largest absolute Gasteiger partial charge is 0.221 e. The second-order valence-corrected chi connectivity index (χ2v) is 9.79. The van der Waals surface area contributed by atoms with Gasteiger partial charge in [0.15, 0.2) is 12.7 Å². The predicted molar refractivity (Wildman–Crippen MR) is 114 cm³/mol. The number of halogens is 1. The van der Waals surface area contributed by atoms with E-state index in [-0.39, 0.29) is 0 Å². The molecule has 0 unspecified atom stereocenters. The summed E-state index contributed by atoms with van der Waals surface area (Å²) in [5, 5.41) is 4.56. The summed E-state index contributed by atoms with van der Waals surface area (Å²) in [6.07, 6.45) is 1.88. The van der Waals surface area contributed by atoms with Crippen LogP contribution in [0.5, 0.6) is 0 Å². The normalized spacial score (nSPS) is 11.3. The molecular weight excluding hydrogens is 357 g/mol. The molecule has 0 atom stereocenters. The SMILES string of the molecule is Clc1ccc([P+](c2ccccc2)(c2ccccc2)c2ccccn2)cc1. The number of rotatable bonds is 4. The monoisotopic (exact) mass is 374 g/mol. The van der Waals surface area contributed by atoms with Crippen LogP contribution in [-0.4, -0.2) is 4.98 Å². The third-order valence-corrected chi connectivity index (χ3v) is 8.92. The highest BCUT2D eigenvalue weighted by molar-refractivity contribution is 8.01. The molecule has 0 aliphatic carbocycles. The van der Waals surface area contributed by atoms with Crippen LogP contribution in [0.4, 0.5) is 0 Å². The van der Waals surface area contributed by atoms with Gasteiger partial charge in [0.25, 0.3) is 0 Å². The second-order valence-electron chi connectivity index (χ2n) is 6.01. The van der Waals surface area contributed by atoms with Crippen molar-refractivity contribution in [2.24, 2.45) is 0 Å². The summed E-state index contributed by atoms with van der Waals surface area (Å²) in [5.74, 6) is 0. The lowest BCUT2D eigenvalue weighted by molar-refractivity contribution is 1.39. The number of nitrogens with zero attached hydrogens (tertiary/aromatic N) is 1. The predicted octanol–water partition coefficient (Wildman–Crippen LogP) is 4.35. The fourth-order valence-corrected chi connectivity index (χ4v) is 7.56. The number of hydrogen-bond acceptors (Lipinski definition) is 1. The minimum atomic E-state index is -2.10. The van der Waals surface area contributed by atoms with Crippen LogP contribution in [0.15, 0.2) is 109 Å². The maximum Gasteiger partial charge on any atom is 0.198 e. The van der Waals surface area contributed by atoms with E-state index in [0.29, 0.717) is 0 Å². The Hall–Kier alpha value is -2.47. The summed E-state index contributed by atoms with van der Waals surface area (Å²) in [4.78, 5) is 4.82. The Morgan fingerprint density at radius 3 is 1.54 bits per heavy atom. The summed E-state index contributed by atoms with van der Waals surface area (Å²) >= 11 is 6.20. The summed E-state index contributed by atoms with van der Waals surface area (Å²) in [5.41, 5.74) is 1.10. The molecule has 4 rings (SSSR count). The van der Waals surface area contributed by atoms with Crippen LogP contribution in [0.3, 0.4) is 0 Å². The van der Waals surface area contributed by atoms with Crippen molar-refractivity contribution in [3.05, 3.63) is 114 Å². The van der Waals surface area contributed by atoms with Crippen molar-refractivity contribution in [1.82, 2.24) is 4.98 Å². The van der Waals surface area contributed by atoms with Gasteiger partial charge in [0.05, 0.1) is 0 Å². The Morgan fingerprint density at radius 1 is 0.538 bits per heavy atom. The lowest BCUT2D eigenvalue weighted by atomic mass is 10.3. The topological polar surface area (TPSA) is 12.9 Å². The Morgan fingerprint density at radius 2 is 1.04 bits per heavy atom. The lowest BCUT2D eigenvalue weighted by Crippen LogP contribution is -2.39. The zero-order valence-electron chi connectivity index (χ0n) is 14.2. The third kappa shape index (κ3) is 2.94. The molecule has 3 heteroatoms. The van der Waals surface area contributed by atoms with Crippen molar-refractivity contribution >= 4 is 40.2 Å². The van der Waals surface area contributed by atoms with Crippen LogP contribution in [0.1, 0.15) is 0 Å². The Bertz CT molecular complexity index is 874. The minimum absolute atomic E-state index is 0.744. The molecule has 0 amide bonds. The third-order valence-electron chi connectivity index (χ3n) is 4.49. The van der Waals surface area contributed by atoms with E-state index >= 15 is 0 Å². The molecule has 126 valence electrons. The van der Waals surface area contributed by atoms with Gasteiger partial charge in [0.1, 0.15) is 15.9 Å². The number of hydrogen-bond donors (Lipinski definition) is 0. The molecule has 0 spiro atoms. The summed E-state index contributed by atoms with van der Waals surface area (Å²) in [6, 6.07) is 35.8. The van der Waals surface area contributed by atoms with Crippen LogP contribution in [0.2, 0.25) is 5.02 Å². The summed E-state index contributed by atoms with van der Waals surface area (Å²) < 4.78 is 0. The van der Waals surface area contributed by atoms with Gasteiger partial charge >= 0.3 is 0 Å². The fraction of sp³-hybridized carbons (Fsp3) is 0. The van der Waals surface area contributed by atoms with E-state index in [1.165, 1.54) is 15.9 Å². The minimum Gasteiger partial charge on any atom is -0.221 e. The van der Waals surface area contributed by atoms with Gasteiger partial charge in [0, 0.05) is 17.3 Å². The summed E-state index contributed by atoms with van der Waals surface area (Å²) in [6.45, 7) is 0. The average molecular weight is 375 g/mol. The van der Waals surface area contributed by atoms with Gasteiger partial charge in [-0.05, 0) is 54.6 Å². The van der Waals surface area contributed by atoms with E-state index in [4.69, 9.17) is 16.6 Å². The van der Waals surface area contributed by atoms with E-state index in [1.807, 2.05) is 24.4 Å². The highest BCUT2D eigenvalue weighted by Crippen LogP contribution is 2.53. The first-order valence-corrected chi connectivity index (χ1v) is 10.7. The molecule has 1 nitrogen and oxygen atoms in total. The van der Waals surface area contributed by atoms with Crippen LogP contribution in [0, 0.1) is 0 Å². The standard InChI is InChI=1S/C23H18ClNP/c24-19-14-16-22(17-15-19)26(20-9-3-1-4-10-20,21-11-5-2-6-12-21)23-13-7-8-18-25-23/h1-18H/q+1. The van der Waals surface area contributed by atoms with Crippen molar-refractivity contribution < 1.29 is 0 Å². The molecule has 4 aromatic rings. The Labute approximate surface area is 159 Å². The van der Waals surface area contributed by atoms with E-state index < -0.39 is 7.26 Å². The van der Waals surface area contributed by atoms with Crippen molar-refractivity contribution in [1.29, 1.82) is 0 Å². The smallest absolute Gasteiger partial charge is 0.198 e. The second kappa shape index (κ2) is 7.41. The number of aromatic nitrogens is 1. The van der Waals surface area contributed by atoms with Gasteiger partial charge in [-0.15, -0.1) is 0 Å². The van der Waals surface area contributed by atoms with Crippen LogP contribution >= 0.6 is 18.9 Å². The molecule has 0 aliphatic rings. The average Bonchev–Trinajstić information content (AvgIpc) is 2.72. The molecule has 0 N–H and O–H groups in total. The van der Waals surface area contributed by atoms with Crippen LogP contribution in [-0.2, 0) is 0 Å². The zero-order chi connectivity index (χ0) is 17.8. The molecule has 0 bridgehead atoms. The molecule has 26 heavy (non-hydrogen) atoms. The molecule has 0 fully saturated rings. The van der Waals surface area contributed by atoms with E-state index in [1.54, 1.807) is 0 Å². The molecule has 0 saturated heterocycles. The van der Waals surface area contributed by atoms with Gasteiger partial charge in [-0.3, -0.25) is 0 Å². The number of pyridine rings is 1. The first kappa shape index (κ1) is 17.0. The molecule has 0 radical (unpaired) electrons. The maximum atomic E-state index is 6.20. The van der Waals surface area contributed by atoms with Crippen molar-refractivity contribution in [3.63, 3.8) is 0 Å². The number of benzene rings is 3. The van der Waals surface area contributed by atoms with E-state index in [2.05, 4.69) is 84.9 Å². The van der Waals surface area contributed by atoms with Crippen LogP contribution < -0.4 is 21.3 Å². The van der Waals surface area contributed by atoms with Crippen LogP contribution in [0.25, 0.3) is 0 Å². The quantitative estimate of drug-likeness (QED) is 0.484. The van der Waals surface area contributed by atoms with Gasteiger partial charge in [-0.2, -0.15) is 0 Å². The Kier molecular flexibility index (Phi) is 4.84. The molecule has 1 heterocycles. The van der Waals surface area contributed by atoms with E-state index in [9.17, 15) is 0 Å². The van der Waals surface area contributed by atoms with Gasteiger partial charge in [-0.1, -0.05) is 54.1 Å². The highest BCUT2D eigenvalue weighted by atomic mass is 35.5. The van der Waals surface area contributed by atoms with Crippen molar-refractivity contribution in [2.75, 3.05) is 0 Å². The first-order valence-electron chi connectivity index (χ1n) is 8.50. The molecule has 0 saturated carbocycles. The van der Waals surface area contributed by atoms with Crippen molar-refractivity contribution in [3.8, 4) is 0 Å². The molecule has 3 aromatic carbocycles. The molecular formula is C23H18ClNP+. The van der Waals surface area contributed by atoms with Gasteiger partial charge in [-0.25, -0.2) is 4.98 Å². The van der Waals surface area contributed by atoms with Gasteiger partial charge in [0.2, 0.25) is 0 Å². The summed E-state index contributed by atoms with van der Waals surface area (Å²) in [7, 11) is -2.10. The highest BCUT2D eigenvalue weighted by Gasteiger charge is 2.49. The lowest BCUT2D eigenvalue weighted by Gasteiger charge is -2.26. The van der Waals surface area contributed by atoms with Gasteiger partial charge < -0.3 is 0 Å². The zero-order valence-corrected chi connectivity index (χ0v) is 15.8. The molecule has 0 aliphatic heterocycles. The van der Waals surface area contributed by atoms with Crippen molar-refractivity contribution in [2.45, 2.75) is 0 Å².